The van der Waals surface area contributed by atoms with Crippen molar-refractivity contribution in [3.05, 3.63) is 0 Å². The van der Waals surface area contributed by atoms with E-state index in [1.807, 2.05) is 13.8 Å². The van der Waals surface area contributed by atoms with E-state index in [9.17, 15) is 4.79 Å². The molecular formula is C12H24O2. The van der Waals surface area contributed by atoms with E-state index in [4.69, 9.17) is 4.74 Å². The van der Waals surface area contributed by atoms with Crippen LogP contribution in [0.25, 0.3) is 0 Å². The molecule has 0 aliphatic rings. The normalized spacial score (nSPS) is 11.9. The van der Waals surface area contributed by atoms with Crippen LogP contribution >= 0.6 is 0 Å². The van der Waals surface area contributed by atoms with Gasteiger partial charge in [-0.15, -0.1) is 0 Å². The summed E-state index contributed by atoms with van der Waals surface area (Å²) < 4.78 is 5.10. The van der Waals surface area contributed by atoms with E-state index in [1.54, 1.807) is 0 Å². The predicted molar refractivity (Wildman–Crippen MR) is 59.1 cm³/mol. The lowest BCUT2D eigenvalue weighted by Crippen LogP contribution is -2.15. The third-order valence-corrected chi connectivity index (χ3v) is 2.67. The van der Waals surface area contributed by atoms with Crippen LogP contribution in [-0.2, 0) is 9.53 Å². The number of rotatable bonds is 6. The van der Waals surface area contributed by atoms with E-state index in [0.29, 0.717) is 12.0 Å². The molecule has 0 atom stereocenters. The number of carbonyl (C=O) groups is 1. The molecule has 0 unspecified atom stereocenters. The molecule has 0 saturated carbocycles. The maximum absolute atomic E-state index is 11.1. The van der Waals surface area contributed by atoms with Gasteiger partial charge < -0.3 is 4.74 Å². The van der Waals surface area contributed by atoms with Gasteiger partial charge in [-0.25, -0.2) is 0 Å². The van der Waals surface area contributed by atoms with Crippen LogP contribution in [0.2, 0.25) is 0 Å². The molecule has 0 aromatic carbocycles. The number of carbonyl (C=O) groups excluding carboxylic acids is 1. The number of hydrogen-bond acceptors (Lipinski definition) is 2. The summed E-state index contributed by atoms with van der Waals surface area (Å²) in [6, 6.07) is 0. The molecule has 0 aromatic heterocycles. The molecule has 0 heterocycles. The zero-order valence-electron chi connectivity index (χ0n) is 10.2. The van der Waals surface area contributed by atoms with E-state index < -0.39 is 0 Å². The van der Waals surface area contributed by atoms with E-state index in [1.165, 1.54) is 6.42 Å². The van der Waals surface area contributed by atoms with E-state index >= 15 is 0 Å². The van der Waals surface area contributed by atoms with Gasteiger partial charge in [-0.05, 0) is 18.3 Å². The van der Waals surface area contributed by atoms with Gasteiger partial charge in [0.15, 0.2) is 0 Å². The molecule has 2 nitrogen and oxygen atoms in total. The Morgan fingerprint density at radius 1 is 1.36 bits per heavy atom. The first-order valence-electron chi connectivity index (χ1n) is 5.55. The molecule has 0 aliphatic carbocycles. The molecule has 14 heavy (non-hydrogen) atoms. The monoisotopic (exact) mass is 200 g/mol. The zero-order valence-corrected chi connectivity index (χ0v) is 10.2. The summed E-state index contributed by atoms with van der Waals surface area (Å²) in [6.07, 6.45) is 3.26. The van der Waals surface area contributed by atoms with Gasteiger partial charge in [0.05, 0.1) is 12.5 Å². The average Bonchev–Trinajstić information content (AvgIpc) is 2.12. The fourth-order valence-electron chi connectivity index (χ4n) is 1.07. The van der Waals surface area contributed by atoms with Crippen molar-refractivity contribution < 1.29 is 9.53 Å². The topological polar surface area (TPSA) is 26.3 Å². The third-order valence-electron chi connectivity index (χ3n) is 2.67. The van der Waals surface area contributed by atoms with E-state index in [-0.39, 0.29) is 11.9 Å². The maximum Gasteiger partial charge on any atom is 0.308 e. The van der Waals surface area contributed by atoms with E-state index in [2.05, 4.69) is 20.8 Å². The molecule has 0 spiro atoms. The van der Waals surface area contributed by atoms with Crippen LogP contribution in [0.5, 0.6) is 0 Å². The quantitative estimate of drug-likeness (QED) is 0.485. The Hall–Kier alpha value is -0.530. The zero-order chi connectivity index (χ0) is 11.2. The van der Waals surface area contributed by atoms with Crippen LogP contribution in [0.1, 0.15) is 53.9 Å². The van der Waals surface area contributed by atoms with E-state index in [0.717, 1.165) is 12.8 Å². The number of esters is 1. The van der Waals surface area contributed by atoms with Crippen molar-refractivity contribution in [3.63, 3.8) is 0 Å². The minimum Gasteiger partial charge on any atom is -0.465 e. The average molecular weight is 200 g/mol. The first-order chi connectivity index (χ1) is 6.39. The van der Waals surface area contributed by atoms with Gasteiger partial charge in [0, 0.05) is 0 Å². The van der Waals surface area contributed by atoms with Crippen LogP contribution in [0.3, 0.4) is 0 Å². The van der Waals surface area contributed by atoms with Crippen LogP contribution in [0.15, 0.2) is 0 Å². The van der Waals surface area contributed by atoms with Crippen molar-refractivity contribution in [2.75, 3.05) is 6.61 Å². The molecule has 0 N–H and O–H groups in total. The lowest BCUT2D eigenvalue weighted by Gasteiger charge is -2.22. The standard InChI is InChI=1S/C12H24O2/c1-6-12(4,5)8-7-9-14-11(13)10(2)3/h10H,6-9H2,1-5H3. The van der Waals surface area contributed by atoms with Crippen LogP contribution in [-0.4, -0.2) is 12.6 Å². The Bertz CT molecular complexity index is 171. The fourth-order valence-corrected chi connectivity index (χ4v) is 1.07. The highest BCUT2D eigenvalue weighted by Crippen LogP contribution is 2.25. The minimum atomic E-state index is -0.0840. The van der Waals surface area contributed by atoms with Gasteiger partial charge in [-0.1, -0.05) is 41.0 Å². The molecule has 0 aliphatic heterocycles. The second-order valence-corrected chi connectivity index (χ2v) is 4.94. The molecule has 84 valence electrons. The smallest absolute Gasteiger partial charge is 0.308 e. The molecule has 0 aromatic rings. The minimum absolute atomic E-state index is 0.00538. The molecule has 2 heteroatoms. The Morgan fingerprint density at radius 3 is 2.36 bits per heavy atom. The van der Waals surface area contributed by atoms with Crippen LogP contribution < -0.4 is 0 Å². The van der Waals surface area contributed by atoms with Crippen LogP contribution in [0.4, 0.5) is 0 Å². The Morgan fingerprint density at radius 2 is 1.93 bits per heavy atom. The third kappa shape index (κ3) is 6.01. The molecule has 0 saturated heterocycles. The first-order valence-corrected chi connectivity index (χ1v) is 5.55. The molecule has 0 fully saturated rings. The van der Waals surface area contributed by atoms with Crippen molar-refractivity contribution >= 4 is 5.97 Å². The second-order valence-electron chi connectivity index (χ2n) is 4.94. The Kier molecular flexibility index (Phi) is 5.82. The predicted octanol–water partition coefficient (Wildman–Crippen LogP) is 3.40. The van der Waals surface area contributed by atoms with Gasteiger partial charge >= 0.3 is 5.97 Å². The summed E-state index contributed by atoms with van der Waals surface area (Å²) in [5.41, 5.74) is 0.379. The Labute approximate surface area is 88.0 Å². The molecule has 0 bridgehead atoms. The van der Waals surface area contributed by atoms with Crippen molar-refractivity contribution in [3.8, 4) is 0 Å². The number of ether oxygens (including phenoxy) is 1. The highest BCUT2D eigenvalue weighted by molar-refractivity contribution is 5.71. The largest absolute Gasteiger partial charge is 0.465 e. The fraction of sp³-hybridized carbons (Fsp3) is 0.917. The highest BCUT2D eigenvalue weighted by Gasteiger charge is 2.15. The van der Waals surface area contributed by atoms with Gasteiger partial charge in [0.25, 0.3) is 0 Å². The SMILES string of the molecule is CCC(C)(C)CCCOC(=O)C(C)C. The number of hydrogen-bond donors (Lipinski definition) is 0. The van der Waals surface area contributed by atoms with Gasteiger partial charge in [0.2, 0.25) is 0 Å². The van der Waals surface area contributed by atoms with Gasteiger partial charge in [-0.3, -0.25) is 4.79 Å². The van der Waals surface area contributed by atoms with Crippen molar-refractivity contribution in [1.29, 1.82) is 0 Å². The highest BCUT2D eigenvalue weighted by atomic mass is 16.5. The summed E-state index contributed by atoms with van der Waals surface area (Å²) in [6.45, 7) is 11.0. The summed E-state index contributed by atoms with van der Waals surface area (Å²) in [4.78, 5) is 11.1. The Balaban J connectivity index is 3.52. The molecule has 0 amide bonds. The summed E-state index contributed by atoms with van der Waals surface area (Å²) in [7, 11) is 0. The second kappa shape index (κ2) is 6.05. The lowest BCUT2D eigenvalue weighted by atomic mass is 9.85. The first kappa shape index (κ1) is 13.5. The molecule has 0 radical (unpaired) electrons. The summed E-state index contributed by atoms with van der Waals surface area (Å²) in [5.74, 6) is -0.0894. The van der Waals surface area contributed by atoms with Gasteiger partial charge in [0.1, 0.15) is 0 Å². The molecular weight excluding hydrogens is 176 g/mol. The molecule has 0 rings (SSSR count). The van der Waals surface area contributed by atoms with Crippen molar-refractivity contribution in [2.45, 2.75) is 53.9 Å². The lowest BCUT2D eigenvalue weighted by molar-refractivity contribution is -0.147. The maximum atomic E-state index is 11.1. The van der Waals surface area contributed by atoms with Crippen molar-refractivity contribution in [2.24, 2.45) is 11.3 Å². The van der Waals surface area contributed by atoms with Gasteiger partial charge in [-0.2, -0.15) is 0 Å². The summed E-state index contributed by atoms with van der Waals surface area (Å²) in [5, 5.41) is 0. The van der Waals surface area contributed by atoms with Crippen LogP contribution in [0, 0.1) is 11.3 Å². The summed E-state index contributed by atoms with van der Waals surface area (Å²) >= 11 is 0. The van der Waals surface area contributed by atoms with Crippen molar-refractivity contribution in [1.82, 2.24) is 0 Å².